The van der Waals surface area contributed by atoms with E-state index in [0.29, 0.717) is 11.8 Å². The third kappa shape index (κ3) is 3.44. The van der Waals surface area contributed by atoms with Crippen LogP contribution in [0.2, 0.25) is 0 Å². The van der Waals surface area contributed by atoms with Crippen LogP contribution in [-0.4, -0.2) is 5.91 Å². The van der Waals surface area contributed by atoms with Gasteiger partial charge in [-0.05, 0) is 11.8 Å². The molecule has 0 unspecified atom stereocenters. The number of hydrogen-bond donors (Lipinski definition) is 1. The molecule has 1 heterocycles. The van der Waals surface area contributed by atoms with E-state index in [1.54, 1.807) is 0 Å². The average molecular weight is 258 g/mol. The van der Waals surface area contributed by atoms with Gasteiger partial charge < -0.3 is 5.32 Å². The summed E-state index contributed by atoms with van der Waals surface area (Å²) in [5.74, 6) is 1.57. The quantitative estimate of drug-likeness (QED) is 0.758. The number of carbonyl (C=O) groups is 1. The van der Waals surface area contributed by atoms with Crippen LogP contribution in [-0.2, 0) is 22.2 Å². The fourth-order valence-electron chi connectivity index (χ4n) is 1.65. The van der Waals surface area contributed by atoms with Gasteiger partial charge in [-0.25, -0.2) is 12.2 Å². The number of hydrogen-bond acceptors (Lipinski definition) is 1. The second-order valence-corrected chi connectivity index (χ2v) is 4.65. The molecule has 1 amide bonds. The van der Waals surface area contributed by atoms with Gasteiger partial charge in [-0.15, -0.1) is 18.4 Å². The maximum atomic E-state index is 11.7. The van der Waals surface area contributed by atoms with Gasteiger partial charge in [-0.2, -0.15) is 0 Å². The monoisotopic (exact) mass is 258 g/mol. The molecule has 0 bridgehead atoms. The summed E-state index contributed by atoms with van der Waals surface area (Å²) >= 11 is 0. The molecule has 1 aliphatic rings. The predicted octanol–water partition coefficient (Wildman–Crippen LogP) is 2.83. The second kappa shape index (κ2) is 6.18. The van der Waals surface area contributed by atoms with Gasteiger partial charge in [0.25, 0.3) is 0 Å². The van der Waals surface area contributed by atoms with Crippen LogP contribution < -0.4 is 5.32 Å². The molecule has 1 rings (SSSR count). The number of carbonyl (C=O) groups excluding carboxylic acids is 1. The van der Waals surface area contributed by atoms with E-state index in [-0.39, 0.29) is 23.3 Å². The molecule has 0 aliphatic carbocycles. The summed E-state index contributed by atoms with van der Waals surface area (Å²) in [7, 11) is 0. The van der Waals surface area contributed by atoms with Crippen LogP contribution in [0.3, 0.4) is 0 Å². The molecule has 1 aliphatic heterocycles. The van der Waals surface area contributed by atoms with Crippen molar-refractivity contribution in [3.63, 3.8) is 0 Å². The minimum Gasteiger partial charge on any atom is -0.342 e. The minimum absolute atomic E-state index is 0. The van der Waals surface area contributed by atoms with Crippen LogP contribution in [0.15, 0.2) is 23.4 Å². The maximum absolute atomic E-state index is 11.7. The standard InChI is InChI=1S/C13H20NO.Cr/c1-8(2)11-7-6-10(5)13(15)14-12(11)9(3)4;/h6-9H,1-5H3,(H,14,15);/q-1;. The topological polar surface area (TPSA) is 29.1 Å². The van der Waals surface area contributed by atoms with Gasteiger partial charge in [0.2, 0.25) is 0 Å². The third-order valence-corrected chi connectivity index (χ3v) is 2.63. The number of allylic oxidation sites excluding steroid dienone is 3. The molecular weight excluding hydrogens is 238 g/mol. The molecule has 0 atom stereocenters. The van der Waals surface area contributed by atoms with Gasteiger partial charge in [0, 0.05) is 23.1 Å². The summed E-state index contributed by atoms with van der Waals surface area (Å²) in [5, 5.41) is 3.00. The summed E-state index contributed by atoms with van der Waals surface area (Å²) < 4.78 is 0. The molecule has 3 heteroatoms. The Labute approximate surface area is 109 Å². The van der Waals surface area contributed by atoms with Crippen molar-refractivity contribution in [1.29, 1.82) is 0 Å². The molecule has 90 valence electrons. The molecule has 0 radical (unpaired) electrons. The van der Waals surface area contributed by atoms with Crippen LogP contribution in [0.5, 0.6) is 0 Å². The van der Waals surface area contributed by atoms with Crippen molar-refractivity contribution in [3.05, 3.63) is 29.3 Å². The van der Waals surface area contributed by atoms with E-state index in [9.17, 15) is 4.79 Å². The van der Waals surface area contributed by atoms with Gasteiger partial charge in [-0.1, -0.05) is 27.7 Å². The fourth-order valence-corrected chi connectivity index (χ4v) is 1.65. The molecule has 1 N–H and O–H groups in total. The smallest absolute Gasteiger partial charge is 0.169 e. The van der Waals surface area contributed by atoms with Crippen molar-refractivity contribution in [2.75, 3.05) is 0 Å². The summed E-state index contributed by atoms with van der Waals surface area (Å²) in [6.45, 7) is 10.3. The van der Waals surface area contributed by atoms with Crippen LogP contribution in [0.1, 0.15) is 34.6 Å². The van der Waals surface area contributed by atoms with Crippen molar-refractivity contribution in [2.24, 2.45) is 11.8 Å². The van der Waals surface area contributed by atoms with E-state index < -0.39 is 0 Å². The first-order valence-electron chi connectivity index (χ1n) is 5.50. The van der Waals surface area contributed by atoms with E-state index >= 15 is 0 Å². The van der Waals surface area contributed by atoms with Crippen molar-refractivity contribution >= 4 is 5.91 Å². The molecule has 0 fully saturated rings. The molecular formula is C13H20CrNO-. The SMILES string of the molecule is C[C-]1C=CC(C(C)C)=C(C(C)C)NC1=O.[Cr]. The summed E-state index contributed by atoms with van der Waals surface area (Å²) in [4.78, 5) is 11.7. The molecule has 0 saturated carbocycles. The fraction of sp³-hybridized carbons (Fsp3) is 0.538. The molecule has 2 nitrogen and oxygen atoms in total. The first-order chi connectivity index (χ1) is 6.93. The third-order valence-electron chi connectivity index (χ3n) is 2.63. The van der Waals surface area contributed by atoms with E-state index in [1.165, 1.54) is 5.57 Å². The largest absolute Gasteiger partial charge is 0.342 e. The van der Waals surface area contributed by atoms with Gasteiger partial charge in [0.1, 0.15) is 0 Å². The molecule has 16 heavy (non-hydrogen) atoms. The molecule has 0 aromatic rings. The van der Waals surface area contributed by atoms with Crippen molar-refractivity contribution in [2.45, 2.75) is 34.6 Å². The molecule has 0 aromatic carbocycles. The Bertz CT molecular complexity index is 316. The minimum atomic E-state index is 0. The van der Waals surface area contributed by atoms with Crippen LogP contribution in [0.4, 0.5) is 0 Å². The van der Waals surface area contributed by atoms with E-state index in [2.05, 4.69) is 39.1 Å². The summed E-state index contributed by atoms with van der Waals surface area (Å²) in [6.07, 6.45) is 3.97. The van der Waals surface area contributed by atoms with Crippen molar-refractivity contribution in [1.82, 2.24) is 5.32 Å². The number of amides is 1. The zero-order chi connectivity index (χ0) is 11.6. The van der Waals surface area contributed by atoms with E-state index in [1.807, 2.05) is 13.0 Å². The Morgan fingerprint density at radius 3 is 2.19 bits per heavy atom. The van der Waals surface area contributed by atoms with Gasteiger partial charge in [-0.3, -0.25) is 4.79 Å². The summed E-state index contributed by atoms with van der Waals surface area (Å²) in [5.41, 5.74) is 2.29. The zero-order valence-corrected chi connectivity index (χ0v) is 11.9. The van der Waals surface area contributed by atoms with Gasteiger partial charge in [0.05, 0.1) is 0 Å². The molecule has 0 spiro atoms. The maximum Gasteiger partial charge on any atom is 0.169 e. The van der Waals surface area contributed by atoms with Crippen LogP contribution in [0.25, 0.3) is 0 Å². The number of nitrogens with one attached hydrogen (secondary N) is 1. The molecule has 0 saturated heterocycles. The van der Waals surface area contributed by atoms with Crippen molar-refractivity contribution in [3.8, 4) is 0 Å². The van der Waals surface area contributed by atoms with Crippen LogP contribution in [0, 0.1) is 17.8 Å². The second-order valence-electron chi connectivity index (χ2n) is 4.65. The predicted molar refractivity (Wildman–Crippen MR) is 62.9 cm³/mol. The van der Waals surface area contributed by atoms with Crippen LogP contribution >= 0.6 is 0 Å². The van der Waals surface area contributed by atoms with Crippen molar-refractivity contribution < 1.29 is 22.2 Å². The average Bonchev–Trinajstić information content (AvgIpc) is 2.27. The van der Waals surface area contributed by atoms with E-state index in [0.717, 1.165) is 11.6 Å². The van der Waals surface area contributed by atoms with E-state index in [4.69, 9.17) is 0 Å². The Balaban J connectivity index is 0.00000225. The summed E-state index contributed by atoms with van der Waals surface area (Å²) in [6, 6.07) is 0. The normalized spacial score (nSPS) is 16.4. The molecule has 0 aromatic heterocycles. The zero-order valence-electron chi connectivity index (χ0n) is 10.6. The Morgan fingerprint density at radius 2 is 1.75 bits per heavy atom. The van der Waals surface area contributed by atoms with Gasteiger partial charge >= 0.3 is 0 Å². The number of rotatable bonds is 2. The Morgan fingerprint density at radius 1 is 1.19 bits per heavy atom. The Hall–Kier alpha value is -0.648. The van der Waals surface area contributed by atoms with Gasteiger partial charge in [0.15, 0.2) is 5.91 Å². The first-order valence-corrected chi connectivity index (χ1v) is 5.50. The Kier molecular flexibility index (Phi) is 5.93. The first kappa shape index (κ1) is 15.4.